The third-order valence-electron chi connectivity index (χ3n) is 1.35. The van der Waals surface area contributed by atoms with Crippen LogP contribution in [-0.4, -0.2) is 9.97 Å². The minimum atomic E-state index is -0.765. The molecule has 0 amide bonds. The Bertz CT molecular complexity index is 458. The highest BCUT2D eigenvalue weighted by Gasteiger charge is 2.17. The first-order valence-corrected chi connectivity index (χ1v) is 3.20. The third kappa shape index (κ3) is 0.760. The molecule has 0 atom stereocenters. The Morgan fingerprint density at radius 2 is 2.00 bits per heavy atom. The first kappa shape index (κ1) is 6.42. The molecule has 0 aliphatic carbocycles. The second-order valence-electron chi connectivity index (χ2n) is 2.06. The van der Waals surface area contributed by atoms with Crippen molar-refractivity contribution in [2.24, 2.45) is 0 Å². The van der Waals surface area contributed by atoms with E-state index < -0.39 is 11.0 Å². The van der Waals surface area contributed by atoms with E-state index in [4.69, 9.17) is 11.6 Å². The van der Waals surface area contributed by atoms with Crippen LogP contribution in [0.2, 0.25) is 5.15 Å². The number of hydrogen-bond acceptors (Lipinski definition) is 4. The maximum absolute atomic E-state index is 10.8. The molecule has 2 aliphatic heterocycles. The van der Waals surface area contributed by atoms with Crippen molar-refractivity contribution in [1.29, 1.82) is 0 Å². The maximum Gasteiger partial charge on any atom is 0.320 e. The van der Waals surface area contributed by atoms with Crippen LogP contribution in [0.3, 0.4) is 0 Å². The van der Waals surface area contributed by atoms with Gasteiger partial charge in [-0.25, -0.2) is 9.97 Å². The summed E-state index contributed by atoms with van der Waals surface area (Å²) >= 11 is 5.46. The molecular weight excluding hydrogens is 168 g/mol. The molecule has 11 heavy (non-hydrogen) atoms. The van der Waals surface area contributed by atoms with E-state index in [1.54, 1.807) is 0 Å². The van der Waals surface area contributed by atoms with Gasteiger partial charge in [-0.05, 0) is 0 Å². The van der Waals surface area contributed by atoms with E-state index in [0.717, 1.165) is 0 Å². The van der Waals surface area contributed by atoms with Gasteiger partial charge >= 0.3 is 5.56 Å². The van der Waals surface area contributed by atoms with Crippen LogP contribution in [0.25, 0.3) is 11.4 Å². The maximum atomic E-state index is 10.8. The zero-order valence-corrected chi connectivity index (χ0v) is 5.92. The second-order valence-corrected chi connectivity index (χ2v) is 2.45. The lowest BCUT2D eigenvalue weighted by molar-refractivity contribution is 1.30. The Hall–Kier alpha value is -1.29. The van der Waals surface area contributed by atoms with Crippen molar-refractivity contribution in [3.63, 3.8) is 0 Å². The fraction of sp³-hybridized carbons (Fsp3) is 0. The van der Waals surface area contributed by atoms with Crippen LogP contribution in [-0.2, 0) is 0 Å². The predicted octanol–water partition coefficient (Wildman–Crippen LogP) is -0.169. The first-order valence-electron chi connectivity index (χ1n) is 2.82. The van der Waals surface area contributed by atoms with Gasteiger partial charge in [0, 0.05) is 6.07 Å². The van der Waals surface area contributed by atoms with Crippen LogP contribution in [0, 0.1) is 0 Å². The van der Waals surface area contributed by atoms with Crippen molar-refractivity contribution in [3.05, 3.63) is 31.8 Å². The van der Waals surface area contributed by atoms with E-state index in [9.17, 15) is 9.59 Å². The molecule has 5 heteroatoms. The third-order valence-corrected chi connectivity index (χ3v) is 1.54. The molecule has 2 rings (SSSR count). The number of hydrogen-bond donors (Lipinski definition) is 0. The number of fused-ring (bicyclic) bond motifs is 1. The highest BCUT2D eigenvalue weighted by molar-refractivity contribution is 6.30. The van der Waals surface area contributed by atoms with Crippen LogP contribution in [0.1, 0.15) is 0 Å². The summed E-state index contributed by atoms with van der Waals surface area (Å²) in [5.74, 6) is 0. The van der Waals surface area contributed by atoms with Crippen molar-refractivity contribution in [3.8, 4) is 11.4 Å². The van der Waals surface area contributed by atoms with Gasteiger partial charge < -0.3 is 0 Å². The number of nitrogens with zero attached hydrogens (tertiary/aromatic N) is 2. The fourth-order valence-corrected chi connectivity index (χ4v) is 1.08. The molecule has 0 aromatic heterocycles. The lowest BCUT2D eigenvalue weighted by atomic mass is 10.4. The summed E-state index contributed by atoms with van der Waals surface area (Å²) in [7, 11) is 0. The normalized spacial score (nSPS) is 11.0. The molecule has 0 aromatic rings. The number of aromatic nitrogens is 2. The summed E-state index contributed by atoms with van der Waals surface area (Å²) in [5, 5.41) is 0.194. The molecule has 2 aliphatic rings. The Kier molecular flexibility index (Phi) is 1.08. The molecule has 0 saturated carbocycles. The largest absolute Gasteiger partial charge is 0.320 e. The lowest BCUT2D eigenvalue weighted by Crippen LogP contribution is -2.19. The molecule has 0 N–H and O–H groups in total. The summed E-state index contributed by atoms with van der Waals surface area (Å²) in [6.45, 7) is 0. The van der Waals surface area contributed by atoms with Crippen molar-refractivity contribution < 1.29 is 0 Å². The molecular formula is C6HClN2O2. The van der Waals surface area contributed by atoms with Gasteiger partial charge in [-0.15, -0.1) is 0 Å². The van der Waals surface area contributed by atoms with Crippen molar-refractivity contribution in [1.82, 2.24) is 9.97 Å². The summed E-state index contributed by atoms with van der Waals surface area (Å²) in [4.78, 5) is 28.5. The van der Waals surface area contributed by atoms with Gasteiger partial charge in [-0.1, -0.05) is 11.6 Å². The van der Waals surface area contributed by atoms with Gasteiger partial charge in [-0.2, -0.15) is 0 Å². The minimum absolute atomic E-state index is 0.0694. The topological polar surface area (TPSA) is 59.9 Å². The van der Waals surface area contributed by atoms with Crippen LogP contribution < -0.4 is 11.0 Å². The zero-order chi connectivity index (χ0) is 8.01. The highest BCUT2D eigenvalue weighted by Crippen LogP contribution is 2.17. The minimum Gasteiger partial charge on any atom is -0.281 e. The smallest absolute Gasteiger partial charge is 0.281 e. The van der Waals surface area contributed by atoms with Gasteiger partial charge in [0.15, 0.2) is 0 Å². The molecule has 0 unspecified atom stereocenters. The van der Waals surface area contributed by atoms with Crippen molar-refractivity contribution in [2.45, 2.75) is 0 Å². The van der Waals surface area contributed by atoms with E-state index in [-0.39, 0.29) is 16.5 Å². The van der Waals surface area contributed by atoms with E-state index in [1.165, 1.54) is 6.07 Å². The van der Waals surface area contributed by atoms with E-state index in [2.05, 4.69) is 9.97 Å². The average molecular weight is 169 g/mol. The second kappa shape index (κ2) is 1.85. The number of rotatable bonds is 0. The molecule has 2 heterocycles. The molecule has 54 valence electrons. The quantitative estimate of drug-likeness (QED) is 0.513. The molecule has 4 nitrogen and oxygen atoms in total. The zero-order valence-electron chi connectivity index (χ0n) is 5.17. The average Bonchev–Trinajstić information content (AvgIpc) is 2.37. The van der Waals surface area contributed by atoms with Crippen LogP contribution in [0.15, 0.2) is 15.7 Å². The Morgan fingerprint density at radius 3 is 2.64 bits per heavy atom. The summed E-state index contributed by atoms with van der Waals surface area (Å²) in [6, 6.07) is 1.39. The summed E-state index contributed by atoms with van der Waals surface area (Å²) < 4.78 is 0. The van der Waals surface area contributed by atoms with Crippen molar-refractivity contribution in [2.75, 3.05) is 0 Å². The highest BCUT2D eigenvalue weighted by atomic mass is 35.5. The van der Waals surface area contributed by atoms with Crippen molar-refractivity contribution >= 4 is 11.6 Å². The van der Waals surface area contributed by atoms with E-state index in [0.29, 0.717) is 0 Å². The first-order chi connectivity index (χ1) is 5.18. The molecule has 0 radical (unpaired) electrons. The fourth-order valence-electron chi connectivity index (χ4n) is 0.891. The van der Waals surface area contributed by atoms with Gasteiger partial charge in [0.05, 0.1) is 0 Å². The Labute approximate surface area is 65.5 Å². The molecule has 0 saturated heterocycles. The summed E-state index contributed by atoms with van der Waals surface area (Å²) in [5.41, 5.74) is -1.09. The monoisotopic (exact) mass is 168 g/mol. The summed E-state index contributed by atoms with van der Waals surface area (Å²) in [6.07, 6.45) is 0. The van der Waals surface area contributed by atoms with E-state index in [1.807, 2.05) is 0 Å². The molecule has 0 spiro atoms. The Balaban J connectivity index is 2.98. The molecule has 0 aromatic carbocycles. The molecule has 0 bridgehead atoms. The SMILES string of the molecule is O=c1nc2cc(Cl)nc-2c1=O. The van der Waals surface area contributed by atoms with E-state index >= 15 is 0 Å². The lowest BCUT2D eigenvalue weighted by Gasteiger charge is -1.72. The van der Waals surface area contributed by atoms with Gasteiger partial charge in [0.25, 0.3) is 5.43 Å². The number of halogens is 1. The van der Waals surface area contributed by atoms with Gasteiger partial charge in [0.2, 0.25) is 0 Å². The predicted molar refractivity (Wildman–Crippen MR) is 38.6 cm³/mol. The van der Waals surface area contributed by atoms with Crippen LogP contribution in [0.5, 0.6) is 0 Å². The van der Waals surface area contributed by atoms with Gasteiger partial charge in [0.1, 0.15) is 16.5 Å². The molecule has 0 fully saturated rings. The van der Waals surface area contributed by atoms with Crippen LogP contribution in [0.4, 0.5) is 0 Å². The Morgan fingerprint density at radius 1 is 1.27 bits per heavy atom. The van der Waals surface area contributed by atoms with Gasteiger partial charge in [-0.3, -0.25) is 9.59 Å². The standard InChI is InChI=1S/C6HClN2O2/c7-3-1-2-4(9-3)5(10)6(11)8-2/h1H. The van der Waals surface area contributed by atoms with Crippen LogP contribution >= 0.6 is 11.6 Å².